The second kappa shape index (κ2) is 8.58. The summed E-state index contributed by atoms with van der Waals surface area (Å²) in [5.74, 6) is -0.188. The lowest BCUT2D eigenvalue weighted by atomic mass is 10.1. The fourth-order valence-electron chi connectivity index (χ4n) is 3.06. The van der Waals surface area contributed by atoms with Gasteiger partial charge in [-0.05, 0) is 37.2 Å². The summed E-state index contributed by atoms with van der Waals surface area (Å²) in [7, 11) is 3.41. The molecule has 2 aromatic carbocycles. The lowest BCUT2D eigenvalue weighted by Gasteiger charge is -2.11. The summed E-state index contributed by atoms with van der Waals surface area (Å²) in [6, 6.07) is 12.6. The summed E-state index contributed by atoms with van der Waals surface area (Å²) < 4.78 is 7.22. The number of nitrogens with one attached hydrogen (secondary N) is 2. The third kappa shape index (κ3) is 3.99. The van der Waals surface area contributed by atoms with E-state index in [9.17, 15) is 9.59 Å². The van der Waals surface area contributed by atoms with Gasteiger partial charge >= 0.3 is 0 Å². The number of para-hydroxylation sites is 1. The minimum Gasteiger partial charge on any atom is -0.496 e. The predicted molar refractivity (Wildman–Crippen MR) is 110 cm³/mol. The van der Waals surface area contributed by atoms with E-state index in [2.05, 4.69) is 10.6 Å². The van der Waals surface area contributed by atoms with Crippen molar-refractivity contribution in [1.29, 1.82) is 0 Å². The maximum absolute atomic E-state index is 12.8. The summed E-state index contributed by atoms with van der Waals surface area (Å²) in [5.41, 5.74) is 7.88. The first-order chi connectivity index (χ1) is 13.5. The number of aryl methyl sites for hydroxylation is 1. The van der Waals surface area contributed by atoms with E-state index in [0.29, 0.717) is 42.1 Å². The number of anilines is 1. The van der Waals surface area contributed by atoms with Gasteiger partial charge in [-0.2, -0.15) is 0 Å². The topological polar surface area (TPSA) is 98.4 Å². The summed E-state index contributed by atoms with van der Waals surface area (Å²) in [6.45, 7) is 0.954. The number of nitrogens with two attached hydrogens (primary N) is 1. The smallest absolute Gasteiger partial charge is 0.255 e. The van der Waals surface area contributed by atoms with Crippen LogP contribution < -0.4 is 21.1 Å². The molecule has 7 heteroatoms. The van der Waals surface area contributed by atoms with Crippen LogP contribution in [0.5, 0.6) is 5.75 Å². The van der Waals surface area contributed by atoms with Crippen LogP contribution in [0.4, 0.5) is 5.69 Å². The van der Waals surface area contributed by atoms with Gasteiger partial charge in [-0.3, -0.25) is 9.59 Å². The van der Waals surface area contributed by atoms with Crippen molar-refractivity contribution in [2.75, 3.05) is 25.5 Å². The molecule has 2 amide bonds. The van der Waals surface area contributed by atoms with Gasteiger partial charge in [-0.25, -0.2) is 0 Å². The predicted octanol–water partition coefficient (Wildman–Crippen LogP) is 2.52. The van der Waals surface area contributed by atoms with Gasteiger partial charge in [0.25, 0.3) is 11.8 Å². The Morgan fingerprint density at radius 3 is 2.68 bits per heavy atom. The van der Waals surface area contributed by atoms with Crippen molar-refractivity contribution in [2.24, 2.45) is 12.8 Å². The molecule has 0 saturated carbocycles. The van der Waals surface area contributed by atoms with Crippen LogP contribution in [0, 0.1) is 0 Å². The standard InChI is InChI=1S/C21H24N4O3/c1-25-13-17(15-6-3-4-7-18(15)25)24-20(26)14-8-9-19(28-2)16(12-14)21(27)23-11-5-10-22/h3-4,6-9,12-13H,5,10-11,22H2,1-2H3,(H,23,27)(H,24,26). The van der Waals surface area contributed by atoms with E-state index in [1.54, 1.807) is 12.1 Å². The molecule has 0 saturated heterocycles. The molecule has 0 atom stereocenters. The van der Waals surface area contributed by atoms with Crippen LogP contribution in [0.25, 0.3) is 10.9 Å². The first kappa shape index (κ1) is 19.4. The summed E-state index contributed by atoms with van der Waals surface area (Å²) in [6.07, 6.45) is 2.54. The van der Waals surface area contributed by atoms with E-state index in [1.807, 2.05) is 42.1 Å². The number of amides is 2. The number of carbonyl (C=O) groups is 2. The van der Waals surface area contributed by atoms with Crippen molar-refractivity contribution in [3.63, 3.8) is 0 Å². The van der Waals surface area contributed by atoms with E-state index in [0.717, 1.165) is 10.9 Å². The van der Waals surface area contributed by atoms with Gasteiger partial charge in [0.15, 0.2) is 0 Å². The normalized spacial score (nSPS) is 10.7. The highest BCUT2D eigenvalue weighted by molar-refractivity contribution is 6.10. The third-order valence-corrected chi connectivity index (χ3v) is 4.52. The fraction of sp³-hybridized carbons (Fsp3) is 0.238. The number of fused-ring (bicyclic) bond motifs is 1. The Morgan fingerprint density at radius 2 is 1.93 bits per heavy atom. The molecule has 0 aliphatic heterocycles. The summed E-state index contributed by atoms with van der Waals surface area (Å²) in [4.78, 5) is 25.2. The van der Waals surface area contributed by atoms with Crippen molar-refractivity contribution < 1.29 is 14.3 Å². The monoisotopic (exact) mass is 380 g/mol. The fourth-order valence-corrected chi connectivity index (χ4v) is 3.06. The summed E-state index contributed by atoms with van der Waals surface area (Å²) >= 11 is 0. The molecule has 4 N–H and O–H groups in total. The van der Waals surface area contributed by atoms with E-state index in [1.165, 1.54) is 13.2 Å². The Morgan fingerprint density at radius 1 is 1.14 bits per heavy atom. The summed E-state index contributed by atoms with van der Waals surface area (Å²) in [5, 5.41) is 6.66. The van der Waals surface area contributed by atoms with E-state index >= 15 is 0 Å². The van der Waals surface area contributed by atoms with Crippen LogP contribution in [-0.2, 0) is 7.05 Å². The Kier molecular flexibility index (Phi) is 5.96. The molecule has 0 fully saturated rings. The van der Waals surface area contributed by atoms with Crippen LogP contribution in [0.15, 0.2) is 48.7 Å². The van der Waals surface area contributed by atoms with Gasteiger partial charge in [0, 0.05) is 36.3 Å². The maximum Gasteiger partial charge on any atom is 0.255 e. The number of rotatable bonds is 7. The van der Waals surface area contributed by atoms with Crippen LogP contribution in [0.2, 0.25) is 0 Å². The molecule has 0 unspecified atom stereocenters. The highest BCUT2D eigenvalue weighted by Gasteiger charge is 2.17. The van der Waals surface area contributed by atoms with E-state index in [-0.39, 0.29) is 11.8 Å². The molecule has 3 aromatic rings. The molecule has 28 heavy (non-hydrogen) atoms. The molecular formula is C21H24N4O3. The molecule has 1 heterocycles. The molecule has 146 valence electrons. The number of hydrogen-bond donors (Lipinski definition) is 3. The zero-order valence-electron chi connectivity index (χ0n) is 16.0. The second-order valence-electron chi connectivity index (χ2n) is 6.44. The number of aromatic nitrogens is 1. The molecule has 0 aliphatic rings. The maximum atomic E-state index is 12.8. The lowest BCUT2D eigenvalue weighted by Crippen LogP contribution is -2.26. The average Bonchev–Trinajstić information content (AvgIpc) is 3.03. The molecule has 7 nitrogen and oxygen atoms in total. The van der Waals surface area contributed by atoms with Crippen LogP contribution in [-0.4, -0.2) is 36.6 Å². The minimum atomic E-state index is -0.301. The third-order valence-electron chi connectivity index (χ3n) is 4.52. The van der Waals surface area contributed by atoms with Gasteiger partial charge in [0.1, 0.15) is 5.75 Å². The lowest BCUT2D eigenvalue weighted by molar-refractivity contribution is 0.0950. The molecular weight excluding hydrogens is 356 g/mol. The second-order valence-corrected chi connectivity index (χ2v) is 6.44. The number of nitrogens with zero attached hydrogens (tertiary/aromatic N) is 1. The van der Waals surface area contributed by atoms with Crippen LogP contribution in [0.1, 0.15) is 27.1 Å². The molecule has 0 radical (unpaired) electrons. The van der Waals surface area contributed by atoms with Crippen LogP contribution >= 0.6 is 0 Å². The van der Waals surface area contributed by atoms with E-state index in [4.69, 9.17) is 10.5 Å². The number of carbonyl (C=O) groups excluding carboxylic acids is 2. The Labute approximate surface area is 163 Å². The van der Waals surface area contributed by atoms with Crippen molar-refractivity contribution in [1.82, 2.24) is 9.88 Å². The van der Waals surface area contributed by atoms with Gasteiger partial charge in [-0.15, -0.1) is 0 Å². The molecule has 3 rings (SSSR count). The van der Waals surface area contributed by atoms with Crippen molar-refractivity contribution >= 4 is 28.4 Å². The number of methoxy groups -OCH3 is 1. The van der Waals surface area contributed by atoms with Gasteiger partial charge in [-0.1, -0.05) is 18.2 Å². The van der Waals surface area contributed by atoms with Gasteiger partial charge in [0.05, 0.1) is 18.4 Å². The van der Waals surface area contributed by atoms with Crippen molar-refractivity contribution in [3.8, 4) is 5.75 Å². The van der Waals surface area contributed by atoms with Gasteiger partial charge in [0.2, 0.25) is 0 Å². The van der Waals surface area contributed by atoms with E-state index < -0.39 is 0 Å². The molecule has 1 aromatic heterocycles. The highest BCUT2D eigenvalue weighted by atomic mass is 16.5. The minimum absolute atomic E-state index is 0.296. The highest BCUT2D eigenvalue weighted by Crippen LogP contribution is 2.26. The van der Waals surface area contributed by atoms with Crippen molar-refractivity contribution in [3.05, 3.63) is 59.8 Å². The average molecular weight is 380 g/mol. The Balaban J connectivity index is 1.85. The molecule has 0 spiro atoms. The molecule has 0 bridgehead atoms. The largest absolute Gasteiger partial charge is 0.496 e. The molecule has 0 aliphatic carbocycles. The zero-order chi connectivity index (χ0) is 20.1. The number of benzene rings is 2. The Bertz CT molecular complexity index is 1010. The van der Waals surface area contributed by atoms with Crippen LogP contribution in [0.3, 0.4) is 0 Å². The zero-order valence-corrected chi connectivity index (χ0v) is 16.0. The van der Waals surface area contributed by atoms with Crippen molar-refractivity contribution in [2.45, 2.75) is 6.42 Å². The number of ether oxygens (including phenoxy) is 1. The first-order valence-corrected chi connectivity index (χ1v) is 9.07. The Hall–Kier alpha value is -3.32. The quantitative estimate of drug-likeness (QED) is 0.549. The first-order valence-electron chi connectivity index (χ1n) is 9.07. The van der Waals surface area contributed by atoms with Gasteiger partial charge < -0.3 is 25.7 Å². The number of hydrogen-bond acceptors (Lipinski definition) is 4. The SMILES string of the molecule is COc1ccc(C(=O)Nc2cn(C)c3ccccc23)cc1C(=O)NCCCN.